The van der Waals surface area contributed by atoms with Crippen molar-refractivity contribution < 1.29 is 28.3 Å². The van der Waals surface area contributed by atoms with E-state index in [9.17, 15) is 23.6 Å². The van der Waals surface area contributed by atoms with Crippen LogP contribution < -0.4 is 15.4 Å². The van der Waals surface area contributed by atoms with E-state index in [1.807, 2.05) is 31.1 Å². The molecule has 2 aliphatic heterocycles. The summed E-state index contributed by atoms with van der Waals surface area (Å²) in [6.45, 7) is 2.00. The van der Waals surface area contributed by atoms with Gasteiger partial charge in [-0.25, -0.2) is 4.39 Å². The molecule has 2 heterocycles. The zero-order valence-electron chi connectivity index (χ0n) is 28.8. The number of halogens is 1. The predicted octanol–water partition coefficient (Wildman–Crippen LogP) is 2.53. The third-order valence-corrected chi connectivity index (χ3v) is 9.42. The van der Waals surface area contributed by atoms with E-state index in [2.05, 4.69) is 41.0 Å². The lowest BCUT2D eigenvalue weighted by molar-refractivity contribution is -0.140. The highest BCUT2D eigenvalue weighted by molar-refractivity contribution is 5.99. The van der Waals surface area contributed by atoms with E-state index in [4.69, 9.17) is 4.74 Å². The van der Waals surface area contributed by atoms with Crippen LogP contribution in [0.3, 0.4) is 0 Å². The van der Waals surface area contributed by atoms with E-state index in [1.54, 1.807) is 11.9 Å². The van der Waals surface area contributed by atoms with E-state index in [1.165, 1.54) is 45.3 Å². The molecular formula is C37H47FN6O5. The second kappa shape index (κ2) is 16.2. The van der Waals surface area contributed by atoms with Crippen LogP contribution in [-0.4, -0.2) is 129 Å². The molecule has 1 saturated heterocycles. The van der Waals surface area contributed by atoms with Crippen molar-refractivity contribution in [2.75, 3.05) is 67.5 Å². The molecular weight excluding hydrogens is 627 g/mol. The first-order valence-electron chi connectivity index (χ1n) is 16.9. The molecule has 3 aromatic carbocycles. The van der Waals surface area contributed by atoms with E-state index in [-0.39, 0.29) is 61.2 Å². The van der Waals surface area contributed by atoms with Crippen LogP contribution in [0.4, 0.5) is 4.39 Å². The van der Waals surface area contributed by atoms with Gasteiger partial charge in [-0.3, -0.25) is 19.2 Å². The minimum atomic E-state index is -1.01. The SMILES string of the molecule is CN(C)CCNC(=O)[C@@H]1CCC(=O)N(C)CC(=O)N2C[C@@H](NCCc3cccc4ccccc34)C[C@H]2COc2ccc(F)cc2C(=O)N1C. The van der Waals surface area contributed by atoms with Gasteiger partial charge in [0.1, 0.15) is 24.2 Å². The Labute approximate surface area is 287 Å². The van der Waals surface area contributed by atoms with Gasteiger partial charge in [-0.15, -0.1) is 0 Å². The molecule has 0 bridgehead atoms. The van der Waals surface area contributed by atoms with Gasteiger partial charge in [0.2, 0.25) is 17.7 Å². The number of carbonyl (C=O) groups excluding carboxylic acids is 4. The summed E-state index contributed by atoms with van der Waals surface area (Å²) in [6.07, 6.45) is 1.36. The number of fused-ring (bicyclic) bond motifs is 3. The van der Waals surface area contributed by atoms with E-state index in [0.717, 1.165) is 12.5 Å². The maximum Gasteiger partial charge on any atom is 0.258 e. The second-order valence-electron chi connectivity index (χ2n) is 13.2. The molecule has 0 aliphatic carbocycles. The van der Waals surface area contributed by atoms with Crippen LogP contribution in [0.2, 0.25) is 0 Å². The van der Waals surface area contributed by atoms with Crippen molar-refractivity contribution in [1.29, 1.82) is 0 Å². The van der Waals surface area contributed by atoms with Crippen LogP contribution in [0.15, 0.2) is 60.7 Å². The Hall–Kier alpha value is -4.55. The van der Waals surface area contributed by atoms with Gasteiger partial charge in [-0.1, -0.05) is 42.5 Å². The van der Waals surface area contributed by atoms with Crippen molar-refractivity contribution in [3.05, 3.63) is 77.6 Å². The highest BCUT2D eigenvalue weighted by Gasteiger charge is 2.37. The molecule has 3 aromatic rings. The van der Waals surface area contributed by atoms with Gasteiger partial charge < -0.3 is 35.0 Å². The number of hydrogen-bond donors (Lipinski definition) is 2. The molecule has 0 saturated carbocycles. The molecule has 1 fully saturated rings. The van der Waals surface area contributed by atoms with Crippen molar-refractivity contribution in [2.45, 2.75) is 43.8 Å². The van der Waals surface area contributed by atoms with Crippen LogP contribution in [0.5, 0.6) is 5.75 Å². The Morgan fingerprint density at radius 2 is 1.78 bits per heavy atom. The van der Waals surface area contributed by atoms with Gasteiger partial charge in [0.05, 0.1) is 18.2 Å². The van der Waals surface area contributed by atoms with Crippen LogP contribution in [0, 0.1) is 5.82 Å². The second-order valence-corrected chi connectivity index (χ2v) is 13.2. The lowest BCUT2D eigenvalue weighted by Gasteiger charge is -2.28. The van der Waals surface area contributed by atoms with Gasteiger partial charge in [-0.05, 0) is 74.4 Å². The Kier molecular flexibility index (Phi) is 11.8. The lowest BCUT2D eigenvalue weighted by atomic mass is 10.0. The predicted molar refractivity (Wildman–Crippen MR) is 186 cm³/mol. The molecule has 11 nitrogen and oxygen atoms in total. The van der Waals surface area contributed by atoms with E-state index in [0.29, 0.717) is 32.6 Å². The fraction of sp³-hybridized carbons (Fsp3) is 0.459. The molecule has 2 N–H and O–H groups in total. The van der Waals surface area contributed by atoms with Crippen molar-refractivity contribution in [1.82, 2.24) is 30.2 Å². The fourth-order valence-corrected chi connectivity index (χ4v) is 6.62. The number of benzene rings is 3. The molecule has 2 aliphatic rings. The Morgan fingerprint density at radius 3 is 2.57 bits per heavy atom. The quantitative estimate of drug-likeness (QED) is 0.378. The molecule has 262 valence electrons. The van der Waals surface area contributed by atoms with E-state index < -0.39 is 23.7 Å². The third kappa shape index (κ3) is 8.93. The standard InChI is InChI=1S/C37H47FN6O5/c1-41(2)19-18-40-36(47)32-13-15-34(45)42(3)23-35(46)44-22-28(39-17-16-26-10-7-9-25-8-5-6-11-30(25)26)21-29(44)24-49-33-14-12-27(38)20-31(33)37(48)43(32)4/h5-12,14,20,28-29,32,39H,13,15-19,21-24H2,1-4H3,(H,40,47)/t28-,29-,32-/m0/s1. The monoisotopic (exact) mass is 674 g/mol. The summed E-state index contributed by atoms with van der Waals surface area (Å²) < 4.78 is 20.7. The van der Waals surface area contributed by atoms with Crippen LogP contribution >= 0.6 is 0 Å². The summed E-state index contributed by atoms with van der Waals surface area (Å²) in [5.74, 6) is -2.04. The number of amides is 4. The fourth-order valence-electron chi connectivity index (χ4n) is 6.62. The summed E-state index contributed by atoms with van der Waals surface area (Å²) in [5.41, 5.74) is 1.21. The van der Waals surface area contributed by atoms with Gasteiger partial charge in [0, 0.05) is 46.2 Å². The average molecular weight is 675 g/mol. The first-order chi connectivity index (χ1) is 23.5. The smallest absolute Gasteiger partial charge is 0.258 e. The average Bonchev–Trinajstić information content (AvgIpc) is 3.49. The minimum absolute atomic E-state index is 0.0142. The molecule has 5 rings (SSSR count). The first kappa shape index (κ1) is 35.7. The van der Waals surface area contributed by atoms with Crippen LogP contribution in [-0.2, 0) is 20.8 Å². The Morgan fingerprint density at radius 1 is 1.00 bits per heavy atom. The molecule has 3 atom stereocenters. The molecule has 0 radical (unpaired) electrons. The van der Waals surface area contributed by atoms with Gasteiger partial charge >= 0.3 is 0 Å². The summed E-state index contributed by atoms with van der Waals surface area (Å²) in [4.78, 5) is 60.3. The summed E-state index contributed by atoms with van der Waals surface area (Å²) in [7, 11) is 6.79. The largest absolute Gasteiger partial charge is 0.491 e. The summed E-state index contributed by atoms with van der Waals surface area (Å²) in [5, 5.41) is 8.86. The van der Waals surface area contributed by atoms with E-state index >= 15 is 0 Å². The number of ether oxygens (including phenoxy) is 1. The van der Waals surface area contributed by atoms with Gasteiger partial charge in [0.15, 0.2) is 0 Å². The van der Waals surface area contributed by atoms with Gasteiger partial charge in [-0.2, -0.15) is 0 Å². The number of hydrogen-bond acceptors (Lipinski definition) is 7. The minimum Gasteiger partial charge on any atom is -0.491 e. The zero-order valence-corrected chi connectivity index (χ0v) is 28.8. The molecule has 12 heteroatoms. The summed E-state index contributed by atoms with van der Waals surface area (Å²) >= 11 is 0. The first-order valence-corrected chi connectivity index (χ1v) is 16.9. The topological polar surface area (TPSA) is 115 Å². The van der Waals surface area contributed by atoms with Crippen molar-refractivity contribution >= 4 is 34.4 Å². The molecule has 0 aromatic heterocycles. The highest BCUT2D eigenvalue weighted by atomic mass is 19.1. The van der Waals surface area contributed by atoms with Crippen molar-refractivity contribution in [3.63, 3.8) is 0 Å². The van der Waals surface area contributed by atoms with Crippen LogP contribution in [0.1, 0.15) is 35.2 Å². The number of carbonyl (C=O) groups is 4. The van der Waals surface area contributed by atoms with Crippen molar-refractivity contribution in [3.8, 4) is 5.75 Å². The number of nitrogens with one attached hydrogen (secondary N) is 2. The number of nitrogens with zero attached hydrogens (tertiary/aromatic N) is 4. The summed E-state index contributed by atoms with van der Waals surface area (Å²) in [6, 6.07) is 16.9. The van der Waals surface area contributed by atoms with Gasteiger partial charge in [0.25, 0.3) is 5.91 Å². The third-order valence-electron chi connectivity index (χ3n) is 9.42. The van der Waals surface area contributed by atoms with Crippen molar-refractivity contribution in [2.24, 2.45) is 0 Å². The number of likely N-dealkylation sites (N-methyl/N-ethyl adjacent to an activating group) is 3. The maximum absolute atomic E-state index is 14.5. The highest BCUT2D eigenvalue weighted by Crippen LogP contribution is 2.26. The Bertz CT molecular complexity index is 1660. The molecule has 0 spiro atoms. The van der Waals surface area contributed by atoms with Crippen LogP contribution in [0.25, 0.3) is 10.8 Å². The molecule has 4 amide bonds. The Balaban J connectivity index is 1.34. The zero-order chi connectivity index (χ0) is 35.1. The number of rotatable bonds is 8. The maximum atomic E-state index is 14.5. The normalized spacial score (nSPS) is 20.9. The molecule has 49 heavy (non-hydrogen) atoms. The molecule has 0 unspecified atom stereocenters. The lowest BCUT2D eigenvalue weighted by Crippen LogP contribution is -2.49.